The molecule has 7 heteroatoms. The van der Waals surface area contributed by atoms with Crippen molar-refractivity contribution in [3.8, 4) is 5.75 Å². The lowest BCUT2D eigenvalue weighted by molar-refractivity contribution is -0.143. The van der Waals surface area contributed by atoms with Crippen molar-refractivity contribution in [1.29, 1.82) is 0 Å². The van der Waals surface area contributed by atoms with Gasteiger partial charge in [0.15, 0.2) is 6.61 Å². The Balaban J connectivity index is 1.93. The number of nitrogens with one attached hydrogen (secondary N) is 1. The summed E-state index contributed by atoms with van der Waals surface area (Å²) >= 11 is 12.3. The Kier molecular flexibility index (Phi) is 9.19. The van der Waals surface area contributed by atoms with Gasteiger partial charge in [-0.15, -0.1) is 0 Å². The third-order valence-electron chi connectivity index (χ3n) is 5.22. The largest absolute Gasteiger partial charge is 0.482 e. The van der Waals surface area contributed by atoms with Gasteiger partial charge in [-0.3, -0.25) is 9.59 Å². The molecule has 0 unspecified atom stereocenters. The number of benzene rings is 3. The normalized spacial score (nSPS) is 12.0. The second kappa shape index (κ2) is 12.1. The molecule has 3 rings (SSSR count). The van der Waals surface area contributed by atoms with Crippen LogP contribution in [-0.4, -0.2) is 34.9 Å². The minimum atomic E-state index is -0.755. The van der Waals surface area contributed by atoms with E-state index < -0.39 is 11.6 Å². The maximum atomic E-state index is 13.6. The van der Waals surface area contributed by atoms with E-state index in [1.54, 1.807) is 41.3 Å². The van der Waals surface area contributed by atoms with E-state index in [-0.39, 0.29) is 25.0 Å². The molecule has 3 aromatic rings. The topological polar surface area (TPSA) is 58.6 Å². The van der Waals surface area contributed by atoms with Gasteiger partial charge in [0.05, 0.1) is 5.02 Å². The molecule has 184 valence electrons. The first kappa shape index (κ1) is 26.6. The van der Waals surface area contributed by atoms with E-state index in [0.717, 1.165) is 11.1 Å². The van der Waals surface area contributed by atoms with Gasteiger partial charge in [0.1, 0.15) is 11.8 Å². The Morgan fingerprint density at radius 1 is 0.886 bits per heavy atom. The lowest BCUT2D eigenvalue weighted by Crippen LogP contribution is -2.55. The molecule has 1 N–H and O–H groups in total. The van der Waals surface area contributed by atoms with Crippen LogP contribution < -0.4 is 10.1 Å². The predicted octanol–water partition coefficient (Wildman–Crippen LogP) is 5.93. The van der Waals surface area contributed by atoms with Crippen LogP contribution in [0.3, 0.4) is 0 Å². The maximum absolute atomic E-state index is 13.6. The van der Waals surface area contributed by atoms with Crippen LogP contribution in [0.4, 0.5) is 0 Å². The van der Waals surface area contributed by atoms with Crippen LogP contribution in [0, 0.1) is 0 Å². The number of hydrogen-bond acceptors (Lipinski definition) is 3. The van der Waals surface area contributed by atoms with Gasteiger partial charge in [-0.05, 0) is 56.2 Å². The minimum absolute atomic E-state index is 0.219. The van der Waals surface area contributed by atoms with Crippen LogP contribution in [0.1, 0.15) is 31.9 Å². The van der Waals surface area contributed by atoms with Gasteiger partial charge in [0, 0.05) is 23.5 Å². The lowest BCUT2D eigenvalue weighted by Gasteiger charge is -2.33. The van der Waals surface area contributed by atoms with E-state index in [4.69, 9.17) is 27.9 Å². The van der Waals surface area contributed by atoms with Gasteiger partial charge >= 0.3 is 0 Å². The van der Waals surface area contributed by atoms with E-state index in [1.165, 1.54) is 0 Å². The fourth-order valence-electron chi connectivity index (χ4n) is 3.58. The first-order chi connectivity index (χ1) is 16.6. The van der Waals surface area contributed by atoms with Gasteiger partial charge in [0.2, 0.25) is 5.91 Å². The minimum Gasteiger partial charge on any atom is -0.482 e. The van der Waals surface area contributed by atoms with Crippen LogP contribution in [0.15, 0.2) is 78.9 Å². The van der Waals surface area contributed by atoms with Crippen LogP contribution in [0.2, 0.25) is 10.0 Å². The van der Waals surface area contributed by atoms with E-state index in [9.17, 15) is 9.59 Å². The molecule has 5 nitrogen and oxygen atoms in total. The van der Waals surface area contributed by atoms with Crippen molar-refractivity contribution < 1.29 is 14.3 Å². The van der Waals surface area contributed by atoms with Crippen LogP contribution >= 0.6 is 23.2 Å². The average Bonchev–Trinajstić information content (AvgIpc) is 2.81. The summed E-state index contributed by atoms with van der Waals surface area (Å²) in [6.07, 6.45) is 0.355. The third kappa shape index (κ3) is 8.30. The first-order valence-corrected chi connectivity index (χ1v) is 12.1. The van der Waals surface area contributed by atoms with Crippen molar-refractivity contribution in [2.45, 2.75) is 45.3 Å². The summed E-state index contributed by atoms with van der Waals surface area (Å²) < 4.78 is 5.74. The van der Waals surface area contributed by atoms with E-state index in [1.807, 2.05) is 63.2 Å². The molecule has 0 aliphatic carbocycles. The molecular weight excluding hydrogens is 483 g/mol. The molecule has 0 spiro atoms. The summed E-state index contributed by atoms with van der Waals surface area (Å²) in [6.45, 7) is 5.70. The van der Waals surface area contributed by atoms with Crippen LogP contribution in [0.5, 0.6) is 5.75 Å². The monoisotopic (exact) mass is 512 g/mol. The van der Waals surface area contributed by atoms with Crippen LogP contribution in [0.25, 0.3) is 0 Å². The SMILES string of the molecule is CC(C)(C)NC(=O)[C@@H](Cc1ccccc1)N(Cc1ccc(Cl)cc1)C(=O)COc1ccccc1Cl. The van der Waals surface area contributed by atoms with Crippen molar-refractivity contribution in [2.24, 2.45) is 0 Å². The molecule has 0 aliphatic rings. The zero-order chi connectivity index (χ0) is 25.4. The maximum Gasteiger partial charge on any atom is 0.261 e. The molecule has 0 fully saturated rings. The van der Waals surface area contributed by atoms with Crippen molar-refractivity contribution in [1.82, 2.24) is 10.2 Å². The number of nitrogens with zero attached hydrogens (tertiary/aromatic N) is 1. The molecule has 0 aliphatic heterocycles. The fourth-order valence-corrected chi connectivity index (χ4v) is 3.89. The Bertz CT molecular complexity index is 1130. The number of para-hydroxylation sites is 1. The molecule has 0 radical (unpaired) electrons. The standard InChI is InChI=1S/C28H30Cl2N2O3/c1-28(2,3)31-27(34)24(17-20-9-5-4-6-10-20)32(18-21-13-15-22(29)16-14-21)26(33)19-35-25-12-8-7-11-23(25)30/h4-16,24H,17-19H2,1-3H3,(H,31,34)/t24-/m1/s1. The van der Waals surface area contributed by atoms with Crippen molar-refractivity contribution in [3.63, 3.8) is 0 Å². The quantitative estimate of drug-likeness (QED) is 0.386. The highest BCUT2D eigenvalue weighted by Crippen LogP contribution is 2.24. The van der Waals surface area contributed by atoms with E-state index in [2.05, 4.69) is 5.32 Å². The number of carbonyl (C=O) groups is 2. The Labute approximate surface area is 217 Å². The highest BCUT2D eigenvalue weighted by atomic mass is 35.5. The van der Waals surface area contributed by atoms with Gasteiger partial charge < -0.3 is 15.0 Å². The summed E-state index contributed by atoms with van der Waals surface area (Å²) in [7, 11) is 0. The molecule has 35 heavy (non-hydrogen) atoms. The molecule has 0 aromatic heterocycles. The average molecular weight is 513 g/mol. The summed E-state index contributed by atoms with van der Waals surface area (Å²) in [5.41, 5.74) is 1.33. The van der Waals surface area contributed by atoms with E-state index >= 15 is 0 Å². The number of amides is 2. The Morgan fingerprint density at radius 2 is 1.51 bits per heavy atom. The zero-order valence-corrected chi connectivity index (χ0v) is 21.6. The smallest absolute Gasteiger partial charge is 0.261 e. The highest BCUT2D eigenvalue weighted by Gasteiger charge is 2.32. The number of halogens is 2. The molecule has 0 saturated heterocycles. The molecular formula is C28H30Cl2N2O3. The van der Waals surface area contributed by atoms with Gasteiger partial charge in [-0.1, -0.05) is 77.8 Å². The Hall–Kier alpha value is -3.02. The number of rotatable bonds is 9. The van der Waals surface area contributed by atoms with Gasteiger partial charge in [0.25, 0.3) is 5.91 Å². The third-order valence-corrected chi connectivity index (χ3v) is 5.79. The molecule has 2 amide bonds. The summed E-state index contributed by atoms with van der Waals surface area (Å²) in [4.78, 5) is 28.6. The number of hydrogen-bond donors (Lipinski definition) is 1. The Morgan fingerprint density at radius 3 is 2.14 bits per heavy atom. The summed E-state index contributed by atoms with van der Waals surface area (Å²) in [6, 6.07) is 23.1. The predicted molar refractivity (Wildman–Crippen MR) is 141 cm³/mol. The number of carbonyl (C=O) groups excluding carboxylic acids is 2. The van der Waals surface area contributed by atoms with Gasteiger partial charge in [-0.2, -0.15) is 0 Å². The zero-order valence-electron chi connectivity index (χ0n) is 20.1. The van der Waals surface area contributed by atoms with Crippen LogP contribution in [-0.2, 0) is 22.6 Å². The fraction of sp³-hybridized carbons (Fsp3) is 0.286. The molecule has 3 aromatic carbocycles. The van der Waals surface area contributed by atoms with Crippen molar-refractivity contribution in [2.75, 3.05) is 6.61 Å². The first-order valence-electron chi connectivity index (χ1n) is 11.4. The molecule has 0 saturated carbocycles. The van der Waals surface area contributed by atoms with Crippen molar-refractivity contribution in [3.05, 3.63) is 100 Å². The van der Waals surface area contributed by atoms with Crippen molar-refractivity contribution >= 4 is 35.0 Å². The summed E-state index contributed by atoms with van der Waals surface area (Å²) in [5.74, 6) is -0.154. The molecule has 0 heterocycles. The number of ether oxygens (including phenoxy) is 1. The lowest BCUT2D eigenvalue weighted by atomic mass is 10.0. The molecule has 1 atom stereocenters. The van der Waals surface area contributed by atoms with Gasteiger partial charge in [-0.25, -0.2) is 0 Å². The second-order valence-electron chi connectivity index (χ2n) is 9.31. The van der Waals surface area contributed by atoms with E-state index in [0.29, 0.717) is 22.2 Å². The molecule has 0 bridgehead atoms. The second-order valence-corrected chi connectivity index (χ2v) is 10.2. The summed E-state index contributed by atoms with van der Waals surface area (Å²) in [5, 5.41) is 4.05. The highest BCUT2D eigenvalue weighted by molar-refractivity contribution is 6.32.